The van der Waals surface area contributed by atoms with Gasteiger partial charge in [0.1, 0.15) is 12.4 Å². The molecule has 3 rings (SSSR count). The van der Waals surface area contributed by atoms with Crippen molar-refractivity contribution in [3.8, 4) is 5.75 Å². The van der Waals surface area contributed by atoms with Crippen LogP contribution in [0.3, 0.4) is 0 Å². The van der Waals surface area contributed by atoms with Crippen molar-refractivity contribution in [3.05, 3.63) is 69.5 Å². The van der Waals surface area contributed by atoms with E-state index in [-0.39, 0.29) is 18.3 Å². The Bertz CT molecular complexity index is 1040. The summed E-state index contributed by atoms with van der Waals surface area (Å²) >= 11 is 4.66. The van der Waals surface area contributed by atoms with Crippen molar-refractivity contribution >= 4 is 33.6 Å². The molecule has 0 aliphatic rings. The van der Waals surface area contributed by atoms with Gasteiger partial charge in [0.2, 0.25) is 11.1 Å². The SMILES string of the molecule is Cc1ccc(CN(C)C(=O)CSc2nnc(COc3cccc(Br)c3)n2N)c(C)c1. The Morgan fingerprint density at radius 2 is 2.03 bits per heavy atom. The van der Waals surface area contributed by atoms with E-state index in [1.165, 1.54) is 27.6 Å². The molecule has 0 atom stereocenters. The standard InChI is InChI=1S/C21H24BrN5O2S/c1-14-7-8-16(15(2)9-14)11-26(3)20(28)13-30-21-25-24-19(27(21)23)12-29-18-6-4-5-17(22)10-18/h4-10H,11-13,23H2,1-3H3. The molecule has 0 unspecified atom stereocenters. The first kappa shape index (κ1) is 22.2. The highest BCUT2D eigenvalue weighted by atomic mass is 79.9. The lowest BCUT2D eigenvalue weighted by Gasteiger charge is -2.18. The molecule has 158 valence electrons. The van der Waals surface area contributed by atoms with Crippen molar-refractivity contribution in [2.24, 2.45) is 0 Å². The second kappa shape index (κ2) is 9.99. The fourth-order valence-corrected chi connectivity index (χ4v) is 4.01. The second-order valence-corrected chi connectivity index (χ2v) is 8.84. The number of nitrogens with two attached hydrogens (primary N) is 1. The number of ether oxygens (including phenoxy) is 1. The molecule has 0 spiro atoms. The van der Waals surface area contributed by atoms with Crippen LogP contribution in [0, 0.1) is 13.8 Å². The lowest BCUT2D eigenvalue weighted by molar-refractivity contribution is -0.127. The van der Waals surface area contributed by atoms with Gasteiger partial charge in [-0.2, -0.15) is 0 Å². The quantitative estimate of drug-likeness (QED) is 0.383. The number of carbonyl (C=O) groups excluding carboxylic acids is 1. The van der Waals surface area contributed by atoms with E-state index in [0.717, 1.165) is 10.0 Å². The van der Waals surface area contributed by atoms with Crippen LogP contribution in [-0.2, 0) is 17.9 Å². The van der Waals surface area contributed by atoms with Crippen LogP contribution in [0.2, 0.25) is 0 Å². The minimum Gasteiger partial charge on any atom is -0.485 e. The lowest BCUT2D eigenvalue weighted by atomic mass is 10.1. The topological polar surface area (TPSA) is 86.3 Å². The monoisotopic (exact) mass is 489 g/mol. The van der Waals surface area contributed by atoms with Gasteiger partial charge in [-0.25, -0.2) is 4.68 Å². The van der Waals surface area contributed by atoms with Crippen LogP contribution in [-0.4, -0.2) is 38.5 Å². The van der Waals surface area contributed by atoms with Gasteiger partial charge in [-0.15, -0.1) is 10.2 Å². The van der Waals surface area contributed by atoms with E-state index in [0.29, 0.717) is 23.3 Å². The molecule has 0 aliphatic heterocycles. The van der Waals surface area contributed by atoms with Crippen molar-refractivity contribution in [2.75, 3.05) is 18.6 Å². The van der Waals surface area contributed by atoms with E-state index in [1.54, 1.807) is 11.9 Å². The number of hydrogen-bond acceptors (Lipinski definition) is 6. The van der Waals surface area contributed by atoms with Crippen LogP contribution in [0.1, 0.15) is 22.5 Å². The maximum atomic E-state index is 12.5. The van der Waals surface area contributed by atoms with Crippen LogP contribution in [0.15, 0.2) is 52.1 Å². The Morgan fingerprint density at radius 3 is 2.77 bits per heavy atom. The van der Waals surface area contributed by atoms with Crippen molar-refractivity contribution < 1.29 is 9.53 Å². The number of nitrogens with zero attached hydrogens (tertiary/aromatic N) is 4. The zero-order chi connectivity index (χ0) is 21.7. The maximum Gasteiger partial charge on any atom is 0.233 e. The second-order valence-electron chi connectivity index (χ2n) is 6.98. The highest BCUT2D eigenvalue weighted by Gasteiger charge is 2.16. The fourth-order valence-electron chi connectivity index (χ4n) is 2.81. The van der Waals surface area contributed by atoms with E-state index in [4.69, 9.17) is 10.6 Å². The molecule has 1 heterocycles. The average molecular weight is 490 g/mol. The summed E-state index contributed by atoms with van der Waals surface area (Å²) in [5, 5.41) is 8.61. The number of benzene rings is 2. The van der Waals surface area contributed by atoms with Crippen molar-refractivity contribution in [1.29, 1.82) is 0 Å². The Labute approximate surface area is 188 Å². The highest BCUT2D eigenvalue weighted by Crippen LogP contribution is 2.20. The molecule has 2 aromatic carbocycles. The Balaban J connectivity index is 1.53. The average Bonchev–Trinajstić information content (AvgIpc) is 3.06. The first-order chi connectivity index (χ1) is 14.3. The largest absolute Gasteiger partial charge is 0.485 e. The number of rotatable bonds is 8. The van der Waals surface area contributed by atoms with Crippen molar-refractivity contribution in [1.82, 2.24) is 19.8 Å². The van der Waals surface area contributed by atoms with Gasteiger partial charge < -0.3 is 15.5 Å². The highest BCUT2D eigenvalue weighted by molar-refractivity contribution is 9.10. The van der Waals surface area contributed by atoms with E-state index in [2.05, 4.69) is 58.2 Å². The van der Waals surface area contributed by atoms with Crippen LogP contribution in [0.5, 0.6) is 5.75 Å². The first-order valence-corrected chi connectivity index (χ1v) is 11.1. The number of nitrogen functional groups attached to an aromatic ring is 1. The van der Waals surface area contributed by atoms with E-state index < -0.39 is 0 Å². The third-order valence-electron chi connectivity index (χ3n) is 4.56. The molecule has 1 amide bonds. The summed E-state index contributed by atoms with van der Waals surface area (Å²) in [5.41, 5.74) is 3.53. The molecule has 7 nitrogen and oxygen atoms in total. The minimum atomic E-state index is -0.00471. The molecule has 0 fully saturated rings. The predicted molar refractivity (Wildman–Crippen MR) is 122 cm³/mol. The lowest BCUT2D eigenvalue weighted by Crippen LogP contribution is -2.28. The predicted octanol–water partition coefficient (Wildman–Crippen LogP) is 3.70. The number of aryl methyl sites for hydroxylation is 2. The molecule has 0 radical (unpaired) electrons. The Hall–Kier alpha value is -2.52. The summed E-state index contributed by atoms with van der Waals surface area (Å²) < 4.78 is 7.99. The van der Waals surface area contributed by atoms with E-state index >= 15 is 0 Å². The summed E-state index contributed by atoms with van der Waals surface area (Å²) in [5.74, 6) is 7.47. The molecule has 0 aliphatic carbocycles. The third-order valence-corrected chi connectivity index (χ3v) is 5.98. The van der Waals surface area contributed by atoms with Gasteiger partial charge in [-0.1, -0.05) is 57.5 Å². The number of thioether (sulfide) groups is 1. The summed E-state index contributed by atoms with van der Waals surface area (Å²) in [6.45, 7) is 4.86. The van der Waals surface area contributed by atoms with Crippen molar-refractivity contribution in [3.63, 3.8) is 0 Å². The third kappa shape index (κ3) is 5.76. The van der Waals surface area contributed by atoms with Gasteiger partial charge in [0.15, 0.2) is 5.82 Å². The number of hydrogen-bond donors (Lipinski definition) is 1. The Kier molecular flexibility index (Phi) is 7.38. The number of carbonyl (C=O) groups is 1. The molecule has 0 saturated carbocycles. The number of amides is 1. The summed E-state index contributed by atoms with van der Waals surface area (Å²) in [6, 6.07) is 13.8. The van der Waals surface area contributed by atoms with Crippen molar-refractivity contribution in [2.45, 2.75) is 32.2 Å². The molecule has 3 aromatic rings. The van der Waals surface area contributed by atoms with Gasteiger partial charge in [0.25, 0.3) is 0 Å². The first-order valence-electron chi connectivity index (χ1n) is 9.34. The molecule has 0 bridgehead atoms. The summed E-state index contributed by atoms with van der Waals surface area (Å²) in [4.78, 5) is 14.2. The molecular formula is C21H24BrN5O2S. The molecular weight excluding hydrogens is 466 g/mol. The van der Waals surface area contributed by atoms with Crippen LogP contribution in [0.25, 0.3) is 0 Å². The molecule has 9 heteroatoms. The van der Waals surface area contributed by atoms with Gasteiger partial charge in [-0.05, 0) is 43.2 Å². The van der Waals surface area contributed by atoms with Crippen LogP contribution >= 0.6 is 27.7 Å². The Morgan fingerprint density at radius 1 is 1.23 bits per heavy atom. The van der Waals surface area contributed by atoms with Gasteiger partial charge >= 0.3 is 0 Å². The van der Waals surface area contributed by atoms with Crippen LogP contribution in [0.4, 0.5) is 0 Å². The normalized spacial score (nSPS) is 10.8. The zero-order valence-electron chi connectivity index (χ0n) is 17.1. The van der Waals surface area contributed by atoms with E-state index in [1.807, 2.05) is 24.3 Å². The van der Waals surface area contributed by atoms with Gasteiger partial charge in [0, 0.05) is 18.1 Å². The minimum absolute atomic E-state index is 0.00471. The summed E-state index contributed by atoms with van der Waals surface area (Å²) in [7, 11) is 1.80. The number of halogens is 1. The van der Waals surface area contributed by atoms with Crippen LogP contribution < -0.4 is 10.6 Å². The maximum absolute atomic E-state index is 12.5. The molecule has 1 aromatic heterocycles. The smallest absolute Gasteiger partial charge is 0.233 e. The molecule has 30 heavy (non-hydrogen) atoms. The van der Waals surface area contributed by atoms with Gasteiger partial charge in [-0.3, -0.25) is 4.79 Å². The number of aromatic nitrogens is 3. The molecule has 0 saturated heterocycles. The summed E-state index contributed by atoms with van der Waals surface area (Å²) in [6.07, 6.45) is 0. The zero-order valence-corrected chi connectivity index (χ0v) is 19.5. The van der Waals surface area contributed by atoms with E-state index in [9.17, 15) is 4.79 Å². The fraction of sp³-hybridized carbons (Fsp3) is 0.286. The van der Waals surface area contributed by atoms with Gasteiger partial charge in [0.05, 0.1) is 5.75 Å². The molecule has 2 N–H and O–H groups in total.